The number of esters is 1. The van der Waals surface area contributed by atoms with Crippen LogP contribution in [0.2, 0.25) is 4.34 Å². The minimum Gasteiger partial charge on any atom is -0.465 e. The summed E-state index contributed by atoms with van der Waals surface area (Å²) in [5.74, 6) is 0.418. The van der Waals surface area contributed by atoms with E-state index in [1.54, 1.807) is 13.1 Å². The first-order chi connectivity index (χ1) is 8.20. The van der Waals surface area contributed by atoms with Gasteiger partial charge in [0.1, 0.15) is 9.34 Å². The van der Waals surface area contributed by atoms with Crippen LogP contribution in [0.25, 0.3) is 0 Å². The predicted molar refractivity (Wildman–Crippen MR) is 67.2 cm³/mol. The fourth-order valence-electron chi connectivity index (χ4n) is 1.50. The Hall–Kier alpha value is -0.650. The maximum atomic E-state index is 11.8. The Morgan fingerprint density at radius 1 is 1.76 bits per heavy atom. The van der Waals surface area contributed by atoms with E-state index >= 15 is 0 Å². The van der Waals surface area contributed by atoms with Gasteiger partial charge in [-0.05, 0) is 32.2 Å². The zero-order valence-electron chi connectivity index (χ0n) is 9.61. The van der Waals surface area contributed by atoms with Gasteiger partial charge in [0.25, 0.3) is 0 Å². The van der Waals surface area contributed by atoms with Gasteiger partial charge in [0, 0.05) is 0 Å². The van der Waals surface area contributed by atoms with Gasteiger partial charge in [0.05, 0.1) is 12.8 Å². The lowest BCUT2D eigenvalue weighted by molar-refractivity contribution is -0.145. The average molecular weight is 275 g/mol. The lowest BCUT2D eigenvalue weighted by Crippen LogP contribution is -2.31. The highest BCUT2D eigenvalue weighted by Crippen LogP contribution is 2.30. The van der Waals surface area contributed by atoms with E-state index in [4.69, 9.17) is 16.3 Å². The molecule has 1 atom stereocenters. The third-order valence-corrected chi connectivity index (χ3v) is 3.75. The van der Waals surface area contributed by atoms with Gasteiger partial charge in [-0.3, -0.25) is 5.32 Å². The molecule has 0 aromatic carbocycles. The van der Waals surface area contributed by atoms with E-state index in [2.05, 4.69) is 10.3 Å². The fourth-order valence-corrected chi connectivity index (χ4v) is 2.50. The van der Waals surface area contributed by atoms with Crippen molar-refractivity contribution in [3.63, 3.8) is 0 Å². The molecule has 1 aromatic rings. The Balaban J connectivity index is 2.01. The second-order valence-corrected chi connectivity index (χ2v) is 5.73. The molecule has 94 valence electrons. The lowest BCUT2D eigenvalue weighted by atomic mass is 10.3. The number of nitrogens with zero attached hydrogens (tertiary/aromatic N) is 1. The van der Waals surface area contributed by atoms with Gasteiger partial charge in [-0.1, -0.05) is 11.6 Å². The van der Waals surface area contributed by atoms with Crippen LogP contribution in [-0.2, 0) is 9.53 Å². The number of rotatable bonds is 6. The van der Waals surface area contributed by atoms with Crippen LogP contribution in [0.5, 0.6) is 0 Å². The van der Waals surface area contributed by atoms with Crippen LogP contribution in [0.1, 0.15) is 30.8 Å². The summed E-state index contributed by atoms with van der Waals surface area (Å²) in [5.41, 5.74) is 0. The number of hydrogen-bond acceptors (Lipinski definition) is 5. The number of aromatic nitrogens is 1. The molecule has 1 fully saturated rings. The molecular weight excluding hydrogens is 260 g/mol. The van der Waals surface area contributed by atoms with Gasteiger partial charge in [0.2, 0.25) is 0 Å². The maximum absolute atomic E-state index is 11.8. The van der Waals surface area contributed by atoms with Gasteiger partial charge in [-0.15, -0.1) is 11.3 Å². The second-order valence-electron chi connectivity index (χ2n) is 4.04. The molecule has 0 saturated heterocycles. The summed E-state index contributed by atoms with van der Waals surface area (Å²) in [5, 5.41) is 3.89. The number of thiazole rings is 1. The number of halogens is 1. The minimum absolute atomic E-state index is 0.279. The zero-order valence-corrected chi connectivity index (χ0v) is 11.2. The van der Waals surface area contributed by atoms with E-state index in [0.717, 1.165) is 6.54 Å². The standard InChI is InChI=1S/C11H15ClN2O2S/c1-2-16-11(15)9(13-5-7-3-4-7)10-14-6-8(12)17-10/h6-7,9,13H,2-5H2,1H3. The topological polar surface area (TPSA) is 51.2 Å². The van der Waals surface area contributed by atoms with Crippen molar-refractivity contribution in [3.05, 3.63) is 15.5 Å². The smallest absolute Gasteiger partial charge is 0.330 e. The van der Waals surface area contributed by atoms with Crippen LogP contribution < -0.4 is 5.32 Å². The monoisotopic (exact) mass is 274 g/mol. The molecule has 0 amide bonds. The summed E-state index contributed by atoms with van der Waals surface area (Å²) in [6.45, 7) is 3.00. The van der Waals surface area contributed by atoms with Crippen molar-refractivity contribution in [2.45, 2.75) is 25.8 Å². The number of carbonyl (C=O) groups is 1. The Kier molecular flexibility index (Phi) is 4.36. The Labute approximate surface area is 109 Å². The average Bonchev–Trinajstić information content (AvgIpc) is 3.02. The first-order valence-electron chi connectivity index (χ1n) is 5.72. The van der Waals surface area contributed by atoms with E-state index in [1.165, 1.54) is 24.2 Å². The van der Waals surface area contributed by atoms with Crippen molar-refractivity contribution >= 4 is 28.9 Å². The normalized spacial score (nSPS) is 16.8. The summed E-state index contributed by atoms with van der Waals surface area (Å²) in [7, 11) is 0. The van der Waals surface area contributed by atoms with Gasteiger partial charge >= 0.3 is 5.97 Å². The van der Waals surface area contributed by atoms with Crippen molar-refractivity contribution in [2.75, 3.05) is 13.2 Å². The molecule has 1 saturated carbocycles. The molecule has 1 heterocycles. The van der Waals surface area contributed by atoms with Crippen molar-refractivity contribution in [1.82, 2.24) is 10.3 Å². The van der Waals surface area contributed by atoms with Gasteiger partial charge < -0.3 is 4.74 Å². The molecule has 1 aromatic heterocycles. The van der Waals surface area contributed by atoms with Gasteiger partial charge in [-0.25, -0.2) is 9.78 Å². The van der Waals surface area contributed by atoms with Gasteiger partial charge in [0.15, 0.2) is 6.04 Å². The van der Waals surface area contributed by atoms with Crippen molar-refractivity contribution in [2.24, 2.45) is 5.92 Å². The Morgan fingerprint density at radius 2 is 2.53 bits per heavy atom. The van der Waals surface area contributed by atoms with E-state index in [-0.39, 0.29) is 5.97 Å². The molecule has 1 aliphatic carbocycles. The second kappa shape index (κ2) is 5.80. The fraction of sp³-hybridized carbons (Fsp3) is 0.636. The molecule has 4 nitrogen and oxygen atoms in total. The number of ether oxygens (including phenoxy) is 1. The zero-order chi connectivity index (χ0) is 12.3. The van der Waals surface area contributed by atoms with Crippen LogP contribution in [0.15, 0.2) is 6.20 Å². The van der Waals surface area contributed by atoms with Crippen LogP contribution in [0, 0.1) is 5.92 Å². The van der Waals surface area contributed by atoms with Crippen LogP contribution >= 0.6 is 22.9 Å². The summed E-state index contributed by atoms with van der Waals surface area (Å²) < 4.78 is 5.63. The van der Waals surface area contributed by atoms with E-state index < -0.39 is 6.04 Å². The Bertz CT molecular complexity index is 393. The predicted octanol–water partition coefficient (Wildman–Crippen LogP) is 2.40. The lowest BCUT2D eigenvalue weighted by Gasteiger charge is -2.14. The molecule has 0 spiro atoms. The Morgan fingerprint density at radius 3 is 3.06 bits per heavy atom. The summed E-state index contributed by atoms with van der Waals surface area (Å²) in [6.07, 6.45) is 4.04. The quantitative estimate of drug-likeness (QED) is 0.810. The largest absolute Gasteiger partial charge is 0.465 e. The van der Waals surface area contributed by atoms with Crippen molar-refractivity contribution in [1.29, 1.82) is 0 Å². The SMILES string of the molecule is CCOC(=O)C(NCC1CC1)c1ncc(Cl)s1. The molecule has 17 heavy (non-hydrogen) atoms. The van der Waals surface area contributed by atoms with Crippen molar-refractivity contribution < 1.29 is 9.53 Å². The molecule has 1 N–H and O–H groups in total. The highest BCUT2D eigenvalue weighted by molar-refractivity contribution is 7.16. The summed E-state index contributed by atoms with van der Waals surface area (Å²) >= 11 is 7.15. The van der Waals surface area contributed by atoms with E-state index in [1.807, 2.05) is 0 Å². The van der Waals surface area contributed by atoms with Crippen molar-refractivity contribution in [3.8, 4) is 0 Å². The molecule has 0 aliphatic heterocycles. The first-order valence-corrected chi connectivity index (χ1v) is 6.91. The van der Waals surface area contributed by atoms with Crippen LogP contribution in [0.4, 0.5) is 0 Å². The highest BCUT2D eigenvalue weighted by atomic mass is 35.5. The number of hydrogen-bond donors (Lipinski definition) is 1. The van der Waals surface area contributed by atoms with Crippen LogP contribution in [0.3, 0.4) is 0 Å². The molecule has 0 bridgehead atoms. The van der Waals surface area contributed by atoms with E-state index in [9.17, 15) is 4.79 Å². The van der Waals surface area contributed by atoms with Gasteiger partial charge in [-0.2, -0.15) is 0 Å². The number of carbonyl (C=O) groups excluding carboxylic acids is 1. The summed E-state index contributed by atoms with van der Waals surface area (Å²) in [6, 6.07) is -0.479. The third-order valence-electron chi connectivity index (χ3n) is 2.57. The molecule has 6 heteroatoms. The highest BCUT2D eigenvalue weighted by Gasteiger charge is 2.28. The molecule has 1 aliphatic rings. The number of nitrogens with one attached hydrogen (secondary N) is 1. The minimum atomic E-state index is -0.479. The first kappa shape index (κ1) is 12.8. The maximum Gasteiger partial charge on any atom is 0.330 e. The van der Waals surface area contributed by atoms with Crippen LogP contribution in [-0.4, -0.2) is 24.1 Å². The third kappa shape index (κ3) is 3.66. The molecule has 2 rings (SSSR count). The van der Waals surface area contributed by atoms with E-state index in [0.29, 0.717) is 21.9 Å². The summed E-state index contributed by atoms with van der Waals surface area (Å²) in [4.78, 5) is 16.0. The molecule has 1 unspecified atom stereocenters. The molecule has 0 radical (unpaired) electrons. The molecular formula is C11H15ClN2O2S.